The molecule has 19 heavy (non-hydrogen) atoms. The third kappa shape index (κ3) is 3.64. The van der Waals surface area contributed by atoms with Gasteiger partial charge in [-0.05, 0) is 48.9 Å². The van der Waals surface area contributed by atoms with Gasteiger partial charge in [-0.3, -0.25) is 0 Å². The first-order chi connectivity index (χ1) is 9.11. The van der Waals surface area contributed by atoms with Crippen LogP contribution < -0.4 is 10.1 Å². The van der Waals surface area contributed by atoms with Crippen molar-refractivity contribution in [1.29, 1.82) is 0 Å². The van der Waals surface area contributed by atoms with Crippen LogP contribution in [0.3, 0.4) is 0 Å². The van der Waals surface area contributed by atoms with E-state index in [2.05, 4.69) is 31.3 Å². The van der Waals surface area contributed by atoms with Gasteiger partial charge < -0.3 is 10.1 Å². The van der Waals surface area contributed by atoms with Crippen molar-refractivity contribution in [2.75, 3.05) is 13.7 Å². The standard InChI is InChI=1S/C16H24ClNO/c1-11(2)12-8-13(16(17)15(10-12)19-3)9-14-6-4-5-7-18-14/h8,10-11,14,18H,4-7,9H2,1-3H3. The summed E-state index contributed by atoms with van der Waals surface area (Å²) in [6.07, 6.45) is 4.84. The average Bonchev–Trinajstić information content (AvgIpc) is 2.42. The Balaban J connectivity index is 2.24. The summed E-state index contributed by atoms with van der Waals surface area (Å²) in [4.78, 5) is 0. The highest BCUT2D eigenvalue weighted by Gasteiger charge is 2.17. The van der Waals surface area contributed by atoms with E-state index in [1.807, 2.05) is 0 Å². The molecule has 1 N–H and O–H groups in total. The SMILES string of the molecule is COc1cc(C(C)C)cc(CC2CCCCN2)c1Cl. The number of nitrogens with one attached hydrogen (secondary N) is 1. The summed E-state index contributed by atoms with van der Waals surface area (Å²) in [5.41, 5.74) is 2.51. The van der Waals surface area contributed by atoms with Gasteiger partial charge in [-0.15, -0.1) is 0 Å². The van der Waals surface area contributed by atoms with E-state index in [9.17, 15) is 0 Å². The number of rotatable bonds is 4. The van der Waals surface area contributed by atoms with Gasteiger partial charge in [0.05, 0.1) is 12.1 Å². The second kappa shape index (κ2) is 6.62. The zero-order valence-corrected chi connectivity index (χ0v) is 12.9. The molecule has 0 bridgehead atoms. The van der Waals surface area contributed by atoms with Crippen molar-refractivity contribution < 1.29 is 4.74 Å². The molecule has 0 amide bonds. The lowest BCUT2D eigenvalue weighted by Crippen LogP contribution is -2.35. The molecule has 0 radical (unpaired) electrons. The second-order valence-electron chi connectivity index (χ2n) is 5.70. The predicted octanol–water partition coefficient (Wildman–Crippen LogP) is 4.16. The van der Waals surface area contributed by atoms with Gasteiger partial charge in [-0.25, -0.2) is 0 Å². The van der Waals surface area contributed by atoms with Crippen molar-refractivity contribution in [2.24, 2.45) is 0 Å². The number of hydrogen-bond acceptors (Lipinski definition) is 2. The molecule has 1 atom stereocenters. The van der Waals surface area contributed by atoms with Crippen LogP contribution in [0, 0.1) is 0 Å². The maximum atomic E-state index is 6.45. The number of halogens is 1. The molecule has 1 heterocycles. The molecule has 1 aliphatic rings. The Hall–Kier alpha value is -0.730. The Morgan fingerprint density at radius 1 is 1.37 bits per heavy atom. The number of methoxy groups -OCH3 is 1. The van der Waals surface area contributed by atoms with E-state index in [0.29, 0.717) is 12.0 Å². The summed E-state index contributed by atoms with van der Waals surface area (Å²) in [6.45, 7) is 5.53. The third-order valence-corrected chi connectivity index (χ3v) is 4.33. The van der Waals surface area contributed by atoms with Crippen LogP contribution in [0.5, 0.6) is 5.75 Å². The average molecular weight is 282 g/mol. The number of benzene rings is 1. The lowest BCUT2D eigenvalue weighted by molar-refractivity contribution is 0.396. The lowest BCUT2D eigenvalue weighted by atomic mass is 9.94. The second-order valence-corrected chi connectivity index (χ2v) is 6.08. The van der Waals surface area contributed by atoms with E-state index in [1.165, 1.54) is 30.4 Å². The van der Waals surface area contributed by atoms with E-state index in [1.54, 1.807) is 7.11 Å². The van der Waals surface area contributed by atoms with Crippen molar-refractivity contribution in [3.63, 3.8) is 0 Å². The Morgan fingerprint density at radius 2 is 2.16 bits per heavy atom. The Bertz CT molecular complexity index is 425. The molecule has 1 aromatic rings. The van der Waals surface area contributed by atoms with Crippen LogP contribution in [0.1, 0.15) is 50.2 Å². The Kier molecular flexibility index (Phi) is 5.12. The fourth-order valence-corrected chi connectivity index (χ4v) is 2.94. The molecule has 0 aromatic heterocycles. The van der Waals surface area contributed by atoms with Crippen molar-refractivity contribution in [3.8, 4) is 5.75 Å². The molecule has 106 valence electrons. The van der Waals surface area contributed by atoms with Crippen LogP contribution in [-0.2, 0) is 6.42 Å². The quantitative estimate of drug-likeness (QED) is 0.895. The van der Waals surface area contributed by atoms with Crippen LogP contribution >= 0.6 is 11.6 Å². The summed E-state index contributed by atoms with van der Waals surface area (Å²) >= 11 is 6.45. The van der Waals surface area contributed by atoms with Crippen LogP contribution in [0.25, 0.3) is 0 Å². The van der Waals surface area contributed by atoms with Crippen LogP contribution in [0.4, 0.5) is 0 Å². The fraction of sp³-hybridized carbons (Fsp3) is 0.625. The summed E-state index contributed by atoms with van der Waals surface area (Å²) in [5.74, 6) is 1.29. The molecule has 1 aliphatic heterocycles. The van der Waals surface area contributed by atoms with Gasteiger partial charge in [-0.1, -0.05) is 37.9 Å². The molecule has 1 fully saturated rings. The van der Waals surface area contributed by atoms with E-state index < -0.39 is 0 Å². The van der Waals surface area contributed by atoms with Gasteiger partial charge in [-0.2, -0.15) is 0 Å². The molecule has 0 saturated carbocycles. The van der Waals surface area contributed by atoms with Gasteiger partial charge >= 0.3 is 0 Å². The first-order valence-electron chi connectivity index (χ1n) is 7.21. The Morgan fingerprint density at radius 3 is 2.74 bits per heavy atom. The zero-order chi connectivity index (χ0) is 13.8. The number of piperidine rings is 1. The minimum absolute atomic E-state index is 0.490. The molecule has 2 rings (SSSR count). The molecule has 3 heteroatoms. The molecule has 0 spiro atoms. The van der Waals surface area contributed by atoms with Gasteiger partial charge in [0, 0.05) is 6.04 Å². The normalized spacial score (nSPS) is 19.7. The number of ether oxygens (including phenoxy) is 1. The highest BCUT2D eigenvalue weighted by atomic mass is 35.5. The van der Waals surface area contributed by atoms with Gasteiger partial charge in [0.2, 0.25) is 0 Å². The van der Waals surface area contributed by atoms with E-state index in [4.69, 9.17) is 16.3 Å². The summed E-state index contributed by atoms with van der Waals surface area (Å²) in [7, 11) is 1.69. The maximum Gasteiger partial charge on any atom is 0.138 e. The largest absolute Gasteiger partial charge is 0.495 e. The molecule has 1 unspecified atom stereocenters. The zero-order valence-electron chi connectivity index (χ0n) is 12.1. The summed E-state index contributed by atoms with van der Waals surface area (Å²) in [5, 5.41) is 4.36. The molecule has 1 saturated heterocycles. The van der Waals surface area contributed by atoms with Crippen LogP contribution in [-0.4, -0.2) is 19.7 Å². The molecule has 0 aliphatic carbocycles. The number of hydrogen-bond donors (Lipinski definition) is 1. The van der Waals surface area contributed by atoms with Crippen molar-refractivity contribution in [2.45, 2.75) is 51.5 Å². The first-order valence-corrected chi connectivity index (χ1v) is 7.59. The predicted molar refractivity (Wildman–Crippen MR) is 81.4 cm³/mol. The van der Waals surface area contributed by atoms with E-state index >= 15 is 0 Å². The lowest BCUT2D eigenvalue weighted by Gasteiger charge is -2.24. The Labute approximate surface area is 121 Å². The van der Waals surface area contributed by atoms with Crippen molar-refractivity contribution in [1.82, 2.24) is 5.32 Å². The van der Waals surface area contributed by atoms with E-state index in [-0.39, 0.29) is 0 Å². The van der Waals surface area contributed by atoms with Gasteiger partial charge in [0.15, 0.2) is 0 Å². The minimum Gasteiger partial charge on any atom is -0.495 e. The highest BCUT2D eigenvalue weighted by Crippen LogP contribution is 2.33. The van der Waals surface area contributed by atoms with Crippen molar-refractivity contribution in [3.05, 3.63) is 28.3 Å². The van der Waals surface area contributed by atoms with E-state index in [0.717, 1.165) is 23.7 Å². The topological polar surface area (TPSA) is 21.3 Å². The van der Waals surface area contributed by atoms with Gasteiger partial charge in [0.1, 0.15) is 5.75 Å². The van der Waals surface area contributed by atoms with Crippen LogP contribution in [0.2, 0.25) is 5.02 Å². The van der Waals surface area contributed by atoms with Crippen molar-refractivity contribution >= 4 is 11.6 Å². The summed E-state index contributed by atoms with van der Waals surface area (Å²) < 4.78 is 5.41. The molecular weight excluding hydrogens is 258 g/mol. The molecular formula is C16H24ClNO. The van der Waals surface area contributed by atoms with Crippen LogP contribution in [0.15, 0.2) is 12.1 Å². The fourth-order valence-electron chi connectivity index (χ4n) is 2.67. The molecule has 2 nitrogen and oxygen atoms in total. The monoisotopic (exact) mass is 281 g/mol. The maximum absolute atomic E-state index is 6.45. The molecule has 1 aromatic carbocycles. The minimum atomic E-state index is 0.490. The smallest absolute Gasteiger partial charge is 0.138 e. The highest BCUT2D eigenvalue weighted by molar-refractivity contribution is 6.32. The first kappa shape index (κ1) is 14.7. The van der Waals surface area contributed by atoms with Gasteiger partial charge in [0.25, 0.3) is 0 Å². The third-order valence-electron chi connectivity index (χ3n) is 3.90. The summed E-state index contributed by atoms with van der Waals surface area (Å²) in [6, 6.07) is 4.86.